The van der Waals surface area contributed by atoms with Gasteiger partial charge in [0, 0.05) is 26.1 Å². The van der Waals surface area contributed by atoms with Crippen LogP contribution in [0.5, 0.6) is 0 Å². The molecule has 0 aromatic heterocycles. The van der Waals surface area contributed by atoms with E-state index < -0.39 is 24.6 Å². The zero-order valence-corrected chi connectivity index (χ0v) is 7.90. The van der Waals surface area contributed by atoms with Crippen LogP contribution in [0.3, 0.4) is 0 Å². The number of rotatable bonds is 3. The Balaban J connectivity index is 2.36. The van der Waals surface area contributed by atoms with Crippen molar-refractivity contribution in [2.24, 2.45) is 0 Å². The maximum absolute atomic E-state index is 12.5. The molecule has 0 bridgehead atoms. The van der Waals surface area contributed by atoms with Crippen molar-refractivity contribution in [1.82, 2.24) is 4.90 Å². The summed E-state index contributed by atoms with van der Waals surface area (Å²) in [7, 11) is 0. The standard InChI is InChI=1S/C8H12F5NO/c9-7(10,8(11,12)13)2-4-14-3-1-6(15)5-14/h6,15H,1-5H2. The zero-order valence-electron chi connectivity index (χ0n) is 7.90. The van der Waals surface area contributed by atoms with Crippen LogP contribution in [-0.2, 0) is 0 Å². The van der Waals surface area contributed by atoms with Gasteiger partial charge in [-0.1, -0.05) is 0 Å². The fourth-order valence-electron chi connectivity index (χ4n) is 1.46. The topological polar surface area (TPSA) is 23.5 Å². The van der Waals surface area contributed by atoms with Gasteiger partial charge in [-0.05, 0) is 6.42 Å². The van der Waals surface area contributed by atoms with Crippen LogP contribution in [0.2, 0.25) is 0 Å². The van der Waals surface area contributed by atoms with Gasteiger partial charge in [0.1, 0.15) is 0 Å². The Labute approximate surface area is 83.7 Å². The molecule has 1 N–H and O–H groups in total. The van der Waals surface area contributed by atoms with Gasteiger partial charge < -0.3 is 10.0 Å². The van der Waals surface area contributed by atoms with E-state index in [9.17, 15) is 22.0 Å². The molecule has 7 heteroatoms. The smallest absolute Gasteiger partial charge is 0.392 e. The largest absolute Gasteiger partial charge is 0.453 e. The number of alkyl halides is 5. The minimum atomic E-state index is -5.48. The Morgan fingerprint density at radius 2 is 1.80 bits per heavy atom. The van der Waals surface area contributed by atoms with Gasteiger partial charge >= 0.3 is 12.1 Å². The molecule has 15 heavy (non-hydrogen) atoms. The predicted octanol–water partition coefficient (Wildman–Crippen LogP) is 1.64. The summed E-state index contributed by atoms with van der Waals surface area (Å²) >= 11 is 0. The minimum Gasteiger partial charge on any atom is -0.392 e. The molecule has 1 unspecified atom stereocenters. The van der Waals surface area contributed by atoms with Gasteiger partial charge in [-0.15, -0.1) is 0 Å². The molecule has 0 aromatic rings. The van der Waals surface area contributed by atoms with Crippen molar-refractivity contribution < 1.29 is 27.1 Å². The fourth-order valence-corrected chi connectivity index (χ4v) is 1.46. The Bertz CT molecular complexity index is 218. The van der Waals surface area contributed by atoms with Gasteiger partial charge in [0.15, 0.2) is 0 Å². The quantitative estimate of drug-likeness (QED) is 0.749. The minimum absolute atomic E-state index is 0.175. The molecule has 1 atom stereocenters. The van der Waals surface area contributed by atoms with E-state index in [2.05, 4.69) is 0 Å². The third kappa shape index (κ3) is 3.27. The number of nitrogens with zero attached hydrogens (tertiary/aromatic N) is 1. The van der Waals surface area contributed by atoms with Crippen LogP contribution in [0.1, 0.15) is 12.8 Å². The van der Waals surface area contributed by atoms with Crippen molar-refractivity contribution in [1.29, 1.82) is 0 Å². The molecule has 0 amide bonds. The highest BCUT2D eigenvalue weighted by molar-refractivity contribution is 4.80. The highest BCUT2D eigenvalue weighted by Crippen LogP contribution is 2.38. The number of likely N-dealkylation sites (tertiary alicyclic amines) is 1. The molecule has 0 radical (unpaired) electrons. The van der Waals surface area contributed by atoms with Gasteiger partial charge in [-0.25, -0.2) is 0 Å². The van der Waals surface area contributed by atoms with Crippen LogP contribution < -0.4 is 0 Å². The number of hydrogen-bond donors (Lipinski definition) is 1. The number of halogens is 5. The van der Waals surface area contributed by atoms with Crippen LogP contribution in [0.15, 0.2) is 0 Å². The summed E-state index contributed by atoms with van der Waals surface area (Å²) in [5.41, 5.74) is 0. The molecule has 0 spiro atoms. The maximum Gasteiger partial charge on any atom is 0.453 e. The average molecular weight is 233 g/mol. The van der Waals surface area contributed by atoms with Crippen LogP contribution in [0.4, 0.5) is 22.0 Å². The Morgan fingerprint density at radius 3 is 2.20 bits per heavy atom. The third-order valence-electron chi connectivity index (χ3n) is 2.40. The van der Waals surface area contributed by atoms with Crippen LogP contribution in [0, 0.1) is 0 Å². The highest BCUT2D eigenvalue weighted by Gasteiger charge is 2.56. The maximum atomic E-state index is 12.5. The van der Waals surface area contributed by atoms with Gasteiger partial charge in [0.2, 0.25) is 0 Å². The molecule has 1 saturated heterocycles. The molecule has 0 saturated carbocycles. The molecule has 2 nitrogen and oxygen atoms in total. The summed E-state index contributed by atoms with van der Waals surface area (Å²) in [5.74, 6) is -4.64. The van der Waals surface area contributed by atoms with Crippen LogP contribution >= 0.6 is 0 Å². The second kappa shape index (κ2) is 4.21. The zero-order chi connectivity index (χ0) is 11.7. The molecule has 1 rings (SSSR count). The van der Waals surface area contributed by atoms with Crippen molar-refractivity contribution in [2.75, 3.05) is 19.6 Å². The van der Waals surface area contributed by atoms with Gasteiger partial charge in [-0.3, -0.25) is 0 Å². The first-order valence-corrected chi connectivity index (χ1v) is 4.57. The second-order valence-electron chi connectivity index (χ2n) is 3.70. The highest BCUT2D eigenvalue weighted by atomic mass is 19.4. The Kier molecular flexibility index (Phi) is 3.55. The average Bonchev–Trinajstić information content (AvgIpc) is 2.46. The summed E-state index contributed by atoms with van der Waals surface area (Å²) in [5, 5.41) is 9.04. The van der Waals surface area contributed by atoms with E-state index in [-0.39, 0.29) is 13.1 Å². The molecule has 1 fully saturated rings. The first kappa shape index (κ1) is 12.6. The van der Waals surface area contributed by atoms with Crippen molar-refractivity contribution >= 4 is 0 Å². The molecule has 1 heterocycles. The summed E-state index contributed by atoms with van der Waals surface area (Å²) in [6.07, 6.45) is -6.91. The van der Waals surface area contributed by atoms with E-state index in [1.54, 1.807) is 0 Å². The van der Waals surface area contributed by atoms with Crippen LogP contribution in [0.25, 0.3) is 0 Å². The first-order chi connectivity index (χ1) is 6.72. The molecular formula is C8H12F5NO. The van der Waals surface area contributed by atoms with Gasteiger partial charge in [0.25, 0.3) is 0 Å². The fraction of sp³-hybridized carbons (Fsp3) is 1.00. The number of aliphatic hydroxyl groups excluding tert-OH is 1. The molecule has 0 aromatic carbocycles. The van der Waals surface area contributed by atoms with E-state index in [4.69, 9.17) is 5.11 Å². The van der Waals surface area contributed by atoms with Crippen molar-refractivity contribution in [3.8, 4) is 0 Å². The van der Waals surface area contributed by atoms with Gasteiger partial charge in [-0.2, -0.15) is 22.0 Å². The van der Waals surface area contributed by atoms with Gasteiger partial charge in [0.05, 0.1) is 6.10 Å². The predicted molar refractivity (Wildman–Crippen MR) is 42.7 cm³/mol. The van der Waals surface area contributed by atoms with E-state index in [0.717, 1.165) is 0 Å². The SMILES string of the molecule is OC1CCN(CCC(F)(F)C(F)(F)F)C1. The van der Waals surface area contributed by atoms with Crippen LogP contribution in [-0.4, -0.2) is 47.8 Å². The summed E-state index contributed by atoms with van der Waals surface area (Å²) < 4.78 is 60.2. The lowest BCUT2D eigenvalue weighted by Crippen LogP contribution is -2.39. The Hall–Kier alpha value is -0.430. The van der Waals surface area contributed by atoms with E-state index in [1.165, 1.54) is 4.90 Å². The molecule has 0 aliphatic carbocycles. The molecule has 90 valence electrons. The lowest BCUT2D eigenvalue weighted by molar-refractivity contribution is -0.284. The molecule has 1 aliphatic rings. The second-order valence-corrected chi connectivity index (χ2v) is 3.70. The molecular weight excluding hydrogens is 221 g/mol. The van der Waals surface area contributed by atoms with Crippen molar-refractivity contribution in [3.63, 3.8) is 0 Å². The number of β-amino-alcohol motifs (C(OH)–C–C–N with tert-alkyl or cyclic N) is 1. The lowest BCUT2D eigenvalue weighted by Gasteiger charge is -2.22. The van der Waals surface area contributed by atoms with Crippen molar-refractivity contribution in [3.05, 3.63) is 0 Å². The summed E-state index contributed by atoms with van der Waals surface area (Å²) in [4.78, 5) is 1.41. The molecule has 1 aliphatic heterocycles. The number of hydrogen-bond acceptors (Lipinski definition) is 2. The lowest BCUT2D eigenvalue weighted by atomic mass is 10.2. The first-order valence-electron chi connectivity index (χ1n) is 4.57. The third-order valence-corrected chi connectivity index (χ3v) is 2.40. The summed E-state index contributed by atoms with van der Waals surface area (Å²) in [6.45, 7) is 0.201. The van der Waals surface area contributed by atoms with E-state index in [1.807, 2.05) is 0 Å². The Morgan fingerprint density at radius 1 is 1.20 bits per heavy atom. The number of aliphatic hydroxyl groups is 1. The van der Waals surface area contributed by atoms with Crippen molar-refractivity contribution in [2.45, 2.75) is 31.0 Å². The van der Waals surface area contributed by atoms with E-state index in [0.29, 0.717) is 13.0 Å². The normalized spacial score (nSPS) is 24.8. The monoisotopic (exact) mass is 233 g/mol. The summed E-state index contributed by atoms with van der Waals surface area (Å²) in [6, 6.07) is 0. The van der Waals surface area contributed by atoms with E-state index >= 15 is 0 Å².